The van der Waals surface area contributed by atoms with E-state index in [9.17, 15) is 9.59 Å². The van der Waals surface area contributed by atoms with Gasteiger partial charge in [0.1, 0.15) is 0 Å². The molecular weight excluding hydrogens is 378 g/mol. The summed E-state index contributed by atoms with van der Waals surface area (Å²) in [5.74, 6) is 0.0572. The van der Waals surface area contributed by atoms with Crippen LogP contribution in [0.1, 0.15) is 47.0 Å². The number of likely N-dealkylation sites (tertiary alicyclic amines) is 1. The summed E-state index contributed by atoms with van der Waals surface area (Å²) in [5, 5.41) is 0. The summed E-state index contributed by atoms with van der Waals surface area (Å²) in [6, 6.07) is 16.8. The molecule has 0 N–H and O–H groups in total. The topological polar surface area (TPSA) is 66.7 Å². The Morgan fingerprint density at radius 3 is 2.43 bits per heavy atom. The number of hydrogen-bond acceptors (Lipinski definition) is 4. The van der Waals surface area contributed by atoms with Crippen LogP contribution in [0.5, 0.6) is 0 Å². The molecule has 4 rings (SSSR count). The first-order valence-corrected chi connectivity index (χ1v) is 10.4. The van der Waals surface area contributed by atoms with Crippen molar-refractivity contribution in [1.29, 1.82) is 0 Å². The maximum absolute atomic E-state index is 13.4. The van der Waals surface area contributed by atoms with Gasteiger partial charge in [-0.3, -0.25) is 9.59 Å². The van der Waals surface area contributed by atoms with Crippen molar-refractivity contribution in [2.75, 3.05) is 24.5 Å². The van der Waals surface area contributed by atoms with Crippen LogP contribution in [0.3, 0.4) is 0 Å². The van der Waals surface area contributed by atoms with Crippen molar-refractivity contribution in [2.45, 2.75) is 26.2 Å². The number of hydrogen-bond donors (Lipinski definition) is 0. The van der Waals surface area contributed by atoms with Gasteiger partial charge in [-0.15, -0.1) is 0 Å². The van der Waals surface area contributed by atoms with Gasteiger partial charge < -0.3 is 14.2 Å². The molecule has 2 amide bonds. The maximum atomic E-state index is 13.4. The lowest BCUT2D eigenvalue weighted by Crippen LogP contribution is -2.36. The first kappa shape index (κ1) is 19.9. The highest BCUT2D eigenvalue weighted by Crippen LogP contribution is 2.30. The number of anilines is 1. The van der Waals surface area contributed by atoms with E-state index in [1.54, 1.807) is 17.0 Å². The van der Waals surface area contributed by atoms with Crippen molar-refractivity contribution in [3.63, 3.8) is 0 Å². The minimum Gasteiger partial charge on any atom is -0.443 e. The lowest BCUT2D eigenvalue weighted by molar-refractivity contribution is 0.0719. The maximum Gasteiger partial charge on any atom is 0.276 e. The zero-order valence-electron chi connectivity index (χ0n) is 17.1. The fourth-order valence-electron chi connectivity index (χ4n) is 3.90. The molecule has 1 aliphatic rings. The molecule has 1 aliphatic heterocycles. The van der Waals surface area contributed by atoms with Crippen LogP contribution >= 0.6 is 0 Å². The number of nitrogens with zero attached hydrogens (tertiary/aromatic N) is 3. The molecule has 154 valence electrons. The van der Waals surface area contributed by atoms with Gasteiger partial charge in [-0.05, 0) is 44.4 Å². The molecular formula is C24H25N3O3. The predicted molar refractivity (Wildman–Crippen MR) is 115 cm³/mol. The molecule has 1 fully saturated rings. The summed E-state index contributed by atoms with van der Waals surface area (Å²) in [5.41, 5.74) is 2.14. The molecule has 2 aromatic carbocycles. The fourth-order valence-corrected chi connectivity index (χ4v) is 3.90. The molecule has 1 aromatic heterocycles. The van der Waals surface area contributed by atoms with Gasteiger partial charge in [0.25, 0.3) is 11.8 Å². The number of benzene rings is 2. The average molecular weight is 403 g/mol. The van der Waals surface area contributed by atoms with Gasteiger partial charge in [0.05, 0.1) is 5.56 Å². The Kier molecular flexibility index (Phi) is 5.93. The van der Waals surface area contributed by atoms with E-state index in [-0.39, 0.29) is 17.5 Å². The molecule has 6 nitrogen and oxygen atoms in total. The number of oxazole rings is 1. The van der Waals surface area contributed by atoms with E-state index in [0.717, 1.165) is 38.0 Å². The second-order valence-electron chi connectivity index (χ2n) is 7.31. The average Bonchev–Trinajstić information content (AvgIpc) is 3.30. The highest BCUT2D eigenvalue weighted by molar-refractivity contribution is 6.11. The van der Waals surface area contributed by atoms with Crippen LogP contribution in [0.2, 0.25) is 0 Å². The van der Waals surface area contributed by atoms with E-state index in [1.165, 1.54) is 6.39 Å². The second-order valence-corrected chi connectivity index (χ2v) is 7.31. The van der Waals surface area contributed by atoms with Crippen molar-refractivity contribution < 1.29 is 14.0 Å². The van der Waals surface area contributed by atoms with E-state index in [0.29, 0.717) is 23.4 Å². The quantitative estimate of drug-likeness (QED) is 0.623. The number of piperidine rings is 1. The summed E-state index contributed by atoms with van der Waals surface area (Å²) in [4.78, 5) is 34.2. The van der Waals surface area contributed by atoms with Crippen molar-refractivity contribution >= 4 is 17.5 Å². The fraction of sp³-hybridized carbons (Fsp3) is 0.292. The number of rotatable bonds is 5. The SMILES string of the molecule is CCN(C(=O)c1ccccc1-c1ocnc1C(=O)N1CCCCC1)c1ccccc1. The molecule has 2 heterocycles. The Balaban J connectivity index is 1.70. The van der Waals surface area contributed by atoms with E-state index < -0.39 is 0 Å². The predicted octanol–water partition coefficient (Wildman–Crippen LogP) is 4.63. The Morgan fingerprint density at radius 1 is 1.00 bits per heavy atom. The van der Waals surface area contributed by atoms with Gasteiger partial charge >= 0.3 is 0 Å². The Morgan fingerprint density at radius 2 is 1.70 bits per heavy atom. The second kappa shape index (κ2) is 8.95. The van der Waals surface area contributed by atoms with Crippen LogP contribution in [0.25, 0.3) is 11.3 Å². The van der Waals surface area contributed by atoms with Crippen LogP contribution in [-0.2, 0) is 0 Å². The molecule has 0 saturated carbocycles. The Hall–Kier alpha value is -3.41. The molecule has 3 aromatic rings. The molecule has 0 spiro atoms. The Bertz CT molecular complexity index is 1020. The third-order valence-corrected chi connectivity index (χ3v) is 5.44. The smallest absolute Gasteiger partial charge is 0.276 e. The molecule has 0 unspecified atom stereocenters. The first-order chi connectivity index (χ1) is 14.7. The molecule has 0 radical (unpaired) electrons. The van der Waals surface area contributed by atoms with Gasteiger partial charge in [0.2, 0.25) is 0 Å². The number of carbonyl (C=O) groups excluding carboxylic acids is 2. The van der Waals surface area contributed by atoms with Crippen LogP contribution in [0.4, 0.5) is 5.69 Å². The molecule has 1 saturated heterocycles. The highest BCUT2D eigenvalue weighted by atomic mass is 16.3. The minimum atomic E-state index is -0.146. The summed E-state index contributed by atoms with van der Waals surface area (Å²) in [6.45, 7) is 3.91. The standard InChI is InChI=1S/C24H25N3O3/c1-2-27(18-11-5-3-6-12-18)23(28)20-14-8-7-13-19(20)22-21(25-17-30-22)24(29)26-15-9-4-10-16-26/h3,5-8,11-14,17H,2,4,9-10,15-16H2,1H3. The normalized spacial score (nSPS) is 13.8. The van der Waals surface area contributed by atoms with Gasteiger partial charge in [0, 0.05) is 30.9 Å². The van der Waals surface area contributed by atoms with Crippen LogP contribution in [0, 0.1) is 0 Å². The van der Waals surface area contributed by atoms with E-state index in [2.05, 4.69) is 4.98 Å². The zero-order valence-corrected chi connectivity index (χ0v) is 17.1. The summed E-state index contributed by atoms with van der Waals surface area (Å²) >= 11 is 0. The van der Waals surface area contributed by atoms with Crippen LogP contribution in [0.15, 0.2) is 65.4 Å². The lowest BCUT2D eigenvalue weighted by atomic mass is 10.0. The van der Waals surface area contributed by atoms with Crippen molar-refractivity contribution in [3.8, 4) is 11.3 Å². The molecule has 6 heteroatoms. The number of carbonyl (C=O) groups is 2. The van der Waals surface area contributed by atoms with Crippen LogP contribution < -0.4 is 4.90 Å². The van der Waals surface area contributed by atoms with E-state index in [4.69, 9.17) is 4.42 Å². The summed E-state index contributed by atoms with van der Waals surface area (Å²) < 4.78 is 5.64. The van der Waals surface area contributed by atoms with Crippen LogP contribution in [-0.4, -0.2) is 41.3 Å². The van der Waals surface area contributed by atoms with E-state index >= 15 is 0 Å². The first-order valence-electron chi connectivity index (χ1n) is 10.4. The minimum absolute atomic E-state index is 0.142. The van der Waals surface area contributed by atoms with Gasteiger partial charge in [-0.1, -0.05) is 36.4 Å². The largest absolute Gasteiger partial charge is 0.443 e. The van der Waals surface area contributed by atoms with Crippen molar-refractivity contribution in [2.24, 2.45) is 0 Å². The molecule has 0 aliphatic carbocycles. The summed E-state index contributed by atoms with van der Waals surface area (Å²) in [6.07, 6.45) is 4.41. The van der Waals surface area contributed by atoms with E-state index in [1.807, 2.05) is 54.3 Å². The van der Waals surface area contributed by atoms with Gasteiger partial charge in [-0.25, -0.2) is 4.98 Å². The lowest BCUT2D eigenvalue weighted by Gasteiger charge is -2.26. The molecule has 0 atom stereocenters. The summed E-state index contributed by atoms with van der Waals surface area (Å²) in [7, 11) is 0. The van der Waals surface area contributed by atoms with Gasteiger partial charge in [-0.2, -0.15) is 0 Å². The molecule has 30 heavy (non-hydrogen) atoms. The number of amides is 2. The van der Waals surface area contributed by atoms with Crippen molar-refractivity contribution in [1.82, 2.24) is 9.88 Å². The number of para-hydroxylation sites is 1. The van der Waals surface area contributed by atoms with Gasteiger partial charge in [0.15, 0.2) is 17.8 Å². The highest BCUT2D eigenvalue weighted by Gasteiger charge is 2.28. The third kappa shape index (κ3) is 3.85. The third-order valence-electron chi connectivity index (χ3n) is 5.44. The molecule has 0 bridgehead atoms. The Labute approximate surface area is 176 Å². The zero-order chi connectivity index (χ0) is 20.9. The monoisotopic (exact) mass is 403 g/mol. The number of aromatic nitrogens is 1. The van der Waals surface area contributed by atoms with Crippen molar-refractivity contribution in [3.05, 3.63) is 72.2 Å².